The number of nitrogens with zero attached hydrogens (tertiary/aromatic N) is 2. The number of carbonyl (C=O) groups excluding carboxylic acids is 1. The van der Waals surface area contributed by atoms with Gasteiger partial charge in [0.1, 0.15) is 11.2 Å². The maximum absolute atomic E-state index is 12.4. The zero-order valence-corrected chi connectivity index (χ0v) is 12.9. The topological polar surface area (TPSA) is 117 Å². The van der Waals surface area contributed by atoms with Crippen LogP contribution in [0.5, 0.6) is 0 Å². The van der Waals surface area contributed by atoms with E-state index in [0.29, 0.717) is 23.0 Å². The van der Waals surface area contributed by atoms with Crippen molar-refractivity contribution in [3.05, 3.63) is 46.4 Å². The minimum Gasteiger partial charge on any atom is -0.481 e. The van der Waals surface area contributed by atoms with E-state index in [2.05, 4.69) is 15.4 Å². The standard InChI is InChI=1S/C16H16N4O4/c1-9(6-7-13(21)22)18-16(24)11-8-17-20-12-5-3-2-4-10(12)15(23)19-14(11)20/h2-5,8-9H,6-7H2,1H3,(H,18,24)(H,19,23)(H,21,22). The number of hydrogen-bond donors (Lipinski definition) is 3. The minimum absolute atomic E-state index is 0.0301. The fourth-order valence-electron chi connectivity index (χ4n) is 2.56. The number of benzene rings is 1. The van der Waals surface area contributed by atoms with Gasteiger partial charge in [-0.25, -0.2) is 4.52 Å². The molecule has 8 heteroatoms. The first-order valence-electron chi connectivity index (χ1n) is 7.49. The second-order valence-electron chi connectivity index (χ2n) is 5.60. The molecular formula is C16H16N4O4. The molecule has 1 unspecified atom stereocenters. The van der Waals surface area contributed by atoms with Crippen molar-refractivity contribution in [2.75, 3.05) is 0 Å². The number of aromatic amines is 1. The molecule has 24 heavy (non-hydrogen) atoms. The molecule has 0 fully saturated rings. The summed E-state index contributed by atoms with van der Waals surface area (Å²) >= 11 is 0. The molecule has 1 amide bonds. The molecule has 2 aromatic heterocycles. The molecular weight excluding hydrogens is 312 g/mol. The average Bonchev–Trinajstić information content (AvgIpc) is 2.97. The first kappa shape index (κ1) is 15.7. The Labute approximate surface area is 136 Å². The molecule has 0 radical (unpaired) electrons. The number of aromatic nitrogens is 3. The molecule has 0 aliphatic heterocycles. The molecule has 0 saturated carbocycles. The van der Waals surface area contributed by atoms with Gasteiger partial charge < -0.3 is 15.4 Å². The lowest BCUT2D eigenvalue weighted by atomic mass is 10.1. The summed E-state index contributed by atoms with van der Waals surface area (Å²) in [6.07, 6.45) is 1.67. The fraction of sp³-hybridized carbons (Fsp3) is 0.250. The Morgan fingerprint density at radius 2 is 2.12 bits per heavy atom. The van der Waals surface area contributed by atoms with Crippen LogP contribution in [0.4, 0.5) is 0 Å². The minimum atomic E-state index is -0.914. The van der Waals surface area contributed by atoms with Gasteiger partial charge in [-0.3, -0.25) is 14.4 Å². The Balaban J connectivity index is 1.94. The van der Waals surface area contributed by atoms with Crippen molar-refractivity contribution < 1.29 is 14.7 Å². The first-order chi connectivity index (χ1) is 11.5. The number of para-hydroxylation sites is 1. The van der Waals surface area contributed by atoms with Crippen molar-refractivity contribution in [3.63, 3.8) is 0 Å². The zero-order chi connectivity index (χ0) is 17.3. The monoisotopic (exact) mass is 328 g/mol. The zero-order valence-electron chi connectivity index (χ0n) is 12.9. The highest BCUT2D eigenvalue weighted by atomic mass is 16.4. The van der Waals surface area contributed by atoms with Gasteiger partial charge in [-0.05, 0) is 25.5 Å². The maximum atomic E-state index is 12.4. The summed E-state index contributed by atoms with van der Waals surface area (Å²) in [7, 11) is 0. The van der Waals surface area contributed by atoms with Gasteiger partial charge in [0.15, 0.2) is 0 Å². The van der Waals surface area contributed by atoms with Crippen LogP contribution in [-0.2, 0) is 4.79 Å². The lowest BCUT2D eigenvalue weighted by Gasteiger charge is -2.12. The Bertz CT molecular complexity index is 989. The van der Waals surface area contributed by atoms with Crippen LogP contribution in [0, 0.1) is 0 Å². The van der Waals surface area contributed by atoms with Gasteiger partial charge in [0.2, 0.25) is 0 Å². The summed E-state index contributed by atoms with van der Waals surface area (Å²) in [5, 5.41) is 16.1. The van der Waals surface area contributed by atoms with E-state index < -0.39 is 11.9 Å². The molecule has 3 N–H and O–H groups in total. The van der Waals surface area contributed by atoms with Gasteiger partial charge in [0, 0.05) is 12.5 Å². The molecule has 0 spiro atoms. The maximum Gasteiger partial charge on any atom is 0.303 e. The molecule has 1 atom stereocenters. The highest BCUT2D eigenvalue weighted by Gasteiger charge is 2.18. The van der Waals surface area contributed by atoms with Gasteiger partial charge in [-0.2, -0.15) is 5.10 Å². The highest BCUT2D eigenvalue weighted by molar-refractivity contribution is 6.00. The number of amides is 1. The average molecular weight is 328 g/mol. The van der Waals surface area contributed by atoms with Crippen molar-refractivity contribution in [1.29, 1.82) is 0 Å². The van der Waals surface area contributed by atoms with Gasteiger partial charge in [-0.15, -0.1) is 0 Å². The number of carboxylic acids is 1. The lowest BCUT2D eigenvalue weighted by molar-refractivity contribution is -0.137. The molecule has 124 valence electrons. The largest absolute Gasteiger partial charge is 0.481 e. The van der Waals surface area contributed by atoms with E-state index in [4.69, 9.17) is 5.11 Å². The van der Waals surface area contributed by atoms with Crippen molar-refractivity contribution >= 4 is 28.4 Å². The van der Waals surface area contributed by atoms with E-state index in [1.807, 2.05) is 0 Å². The second-order valence-corrected chi connectivity index (χ2v) is 5.60. The predicted molar refractivity (Wildman–Crippen MR) is 87.1 cm³/mol. The summed E-state index contributed by atoms with van der Waals surface area (Å²) < 4.78 is 1.51. The first-order valence-corrected chi connectivity index (χ1v) is 7.49. The molecule has 2 heterocycles. The van der Waals surface area contributed by atoms with Crippen molar-refractivity contribution in [1.82, 2.24) is 19.9 Å². The second kappa shape index (κ2) is 6.15. The fourth-order valence-corrected chi connectivity index (χ4v) is 2.56. The van der Waals surface area contributed by atoms with Crippen LogP contribution in [0.3, 0.4) is 0 Å². The number of aliphatic carboxylic acids is 1. The molecule has 3 aromatic rings. The summed E-state index contributed by atoms with van der Waals surface area (Å²) in [5.41, 5.74) is 0.850. The molecule has 0 saturated heterocycles. The molecule has 8 nitrogen and oxygen atoms in total. The van der Waals surface area contributed by atoms with Crippen molar-refractivity contribution in [2.24, 2.45) is 0 Å². The number of carbonyl (C=O) groups is 2. The Morgan fingerprint density at radius 1 is 1.38 bits per heavy atom. The third-order valence-corrected chi connectivity index (χ3v) is 3.79. The molecule has 1 aromatic carbocycles. The number of fused-ring (bicyclic) bond motifs is 3. The van der Waals surface area contributed by atoms with Crippen LogP contribution in [0.2, 0.25) is 0 Å². The predicted octanol–water partition coefficient (Wildman–Crippen LogP) is 1.16. The number of H-pyrrole nitrogens is 1. The van der Waals surface area contributed by atoms with E-state index in [1.165, 1.54) is 10.7 Å². The van der Waals surface area contributed by atoms with E-state index in [9.17, 15) is 14.4 Å². The molecule has 0 aliphatic rings. The van der Waals surface area contributed by atoms with Crippen molar-refractivity contribution in [3.8, 4) is 0 Å². The van der Waals surface area contributed by atoms with Crippen LogP contribution in [0.15, 0.2) is 35.3 Å². The molecule has 3 rings (SSSR count). The van der Waals surface area contributed by atoms with Gasteiger partial charge in [-0.1, -0.05) is 12.1 Å². The lowest BCUT2D eigenvalue weighted by Crippen LogP contribution is -2.33. The number of carboxylic acid groups (broad SMARTS) is 1. The quantitative estimate of drug-likeness (QED) is 0.650. The summed E-state index contributed by atoms with van der Waals surface area (Å²) in [4.78, 5) is 37.8. The smallest absolute Gasteiger partial charge is 0.303 e. The van der Waals surface area contributed by atoms with Crippen molar-refractivity contribution in [2.45, 2.75) is 25.8 Å². The SMILES string of the molecule is CC(CCC(=O)O)NC(=O)c1cnn2c1[nH]c(=O)c1ccccc12. The molecule has 0 bridgehead atoms. The van der Waals surface area contributed by atoms with Crippen LogP contribution in [-0.4, -0.2) is 37.6 Å². The van der Waals surface area contributed by atoms with Crippen LogP contribution in [0.1, 0.15) is 30.1 Å². The Morgan fingerprint density at radius 3 is 2.88 bits per heavy atom. The van der Waals surface area contributed by atoms with Gasteiger partial charge in [0.05, 0.1) is 17.1 Å². The number of nitrogens with one attached hydrogen (secondary N) is 2. The Kier molecular flexibility index (Phi) is 4.03. The van der Waals surface area contributed by atoms with E-state index in [-0.39, 0.29) is 23.6 Å². The van der Waals surface area contributed by atoms with E-state index in [1.54, 1.807) is 31.2 Å². The van der Waals surface area contributed by atoms with Gasteiger partial charge in [0.25, 0.3) is 11.5 Å². The van der Waals surface area contributed by atoms with Crippen LogP contribution < -0.4 is 10.9 Å². The number of rotatable bonds is 5. The van der Waals surface area contributed by atoms with Gasteiger partial charge >= 0.3 is 5.97 Å². The third kappa shape index (κ3) is 2.85. The normalized spacial score (nSPS) is 12.4. The summed E-state index contributed by atoms with van der Waals surface area (Å²) in [6.45, 7) is 1.73. The van der Waals surface area contributed by atoms with E-state index >= 15 is 0 Å². The van der Waals surface area contributed by atoms with Crippen LogP contribution in [0.25, 0.3) is 16.6 Å². The summed E-state index contributed by atoms with van der Waals surface area (Å²) in [5.74, 6) is -1.32. The third-order valence-electron chi connectivity index (χ3n) is 3.79. The summed E-state index contributed by atoms with van der Waals surface area (Å²) in [6, 6.07) is 6.67. The Hall–Kier alpha value is -3.16. The number of hydrogen-bond acceptors (Lipinski definition) is 4. The van der Waals surface area contributed by atoms with E-state index in [0.717, 1.165) is 0 Å². The molecule has 0 aliphatic carbocycles. The van der Waals surface area contributed by atoms with Crippen LogP contribution >= 0.6 is 0 Å². The highest BCUT2D eigenvalue weighted by Crippen LogP contribution is 2.14.